The van der Waals surface area contributed by atoms with E-state index in [2.05, 4.69) is 0 Å². The molecule has 0 aliphatic heterocycles. The van der Waals surface area contributed by atoms with Crippen LogP contribution in [0.15, 0.2) is 0 Å². The summed E-state index contributed by atoms with van der Waals surface area (Å²) in [4.78, 5) is 25.6. The summed E-state index contributed by atoms with van der Waals surface area (Å²) in [5.41, 5.74) is 0. The molecule has 0 atom stereocenters. The summed E-state index contributed by atoms with van der Waals surface area (Å²) in [6.45, 7) is 0. The molecule has 0 unspecified atom stereocenters. The van der Waals surface area contributed by atoms with Crippen LogP contribution >= 0.6 is 7.82 Å². The fourth-order valence-corrected chi connectivity index (χ4v) is 0. The van der Waals surface area contributed by atoms with Crippen molar-refractivity contribution in [3.63, 3.8) is 0 Å². The van der Waals surface area contributed by atoms with Crippen molar-refractivity contribution in [2.45, 2.75) is 0 Å². The van der Waals surface area contributed by atoms with E-state index in [9.17, 15) is 0 Å². The molecule has 0 saturated carbocycles. The van der Waals surface area contributed by atoms with Gasteiger partial charge in [-0.3, -0.25) is 0 Å². The maximum absolute atomic E-state index is 8.55. The van der Waals surface area contributed by atoms with Gasteiger partial charge in [0.2, 0.25) is 0 Å². The molecule has 0 rings (SSSR count). The zero-order chi connectivity index (χ0) is 4.50. The van der Waals surface area contributed by atoms with Crippen molar-refractivity contribution in [2.75, 3.05) is 0 Å². The second-order valence-electron chi connectivity index (χ2n) is 0.447. The van der Waals surface area contributed by atoms with Gasteiger partial charge in [-0.25, -0.2) is 0 Å². The van der Waals surface area contributed by atoms with E-state index in [4.69, 9.17) is 19.2 Å². The molecule has 0 bridgehead atoms. The first-order valence-corrected chi connectivity index (χ1v) is 2.19. The van der Waals surface area contributed by atoms with Crippen LogP contribution in [0.5, 0.6) is 0 Å². The van der Waals surface area contributed by atoms with E-state index in [1.807, 2.05) is 0 Å². The van der Waals surface area contributed by atoms with Gasteiger partial charge in [0.05, 0.1) is 0 Å². The van der Waals surface area contributed by atoms with Crippen LogP contribution in [0.3, 0.4) is 0 Å². The molecule has 0 aliphatic rings. The molecule has 6 heteroatoms. The molecule has 0 aliphatic carbocycles. The number of hydrogen-bond acceptors (Lipinski definition) is 4. The second kappa shape index (κ2) is 3.04. The smallest absolute Gasteiger partial charge is 0.822 e. The van der Waals surface area contributed by atoms with Gasteiger partial charge in [0, 0.05) is 0 Å². The SMILES string of the molecule is O=P([O-])([O-])[O-].[Hf+4]. The van der Waals surface area contributed by atoms with E-state index in [-0.39, 0.29) is 25.8 Å². The maximum Gasteiger partial charge on any atom is 4.00 e. The van der Waals surface area contributed by atoms with Crippen molar-refractivity contribution in [3.05, 3.63) is 0 Å². The Morgan fingerprint density at radius 3 is 1.17 bits per heavy atom. The average Bonchev–Trinajstić information content (AvgIpc) is 0.722. The zero-order valence-electron chi connectivity index (χ0n) is 2.58. The first-order chi connectivity index (χ1) is 2.00. The maximum atomic E-state index is 8.55. The normalized spacial score (nSPS) is 9.83. The molecule has 4 nitrogen and oxygen atoms in total. The third-order valence-corrected chi connectivity index (χ3v) is 0. The minimum Gasteiger partial charge on any atom is -0.822 e. The summed E-state index contributed by atoms with van der Waals surface area (Å²) in [5.74, 6) is 0. The summed E-state index contributed by atoms with van der Waals surface area (Å²) in [6.07, 6.45) is 0. The molecule has 0 radical (unpaired) electrons. The fourth-order valence-electron chi connectivity index (χ4n) is 0. The third kappa shape index (κ3) is 82.1. The monoisotopic (exact) mass is 275 g/mol. The van der Waals surface area contributed by atoms with Crippen LogP contribution in [-0.4, -0.2) is 0 Å². The number of hydrogen-bond donors (Lipinski definition) is 0. The van der Waals surface area contributed by atoms with E-state index in [0.29, 0.717) is 0 Å². The molecule has 32 valence electrons. The Labute approximate surface area is 53.2 Å². The summed E-state index contributed by atoms with van der Waals surface area (Å²) in [7, 11) is -5.39. The summed E-state index contributed by atoms with van der Waals surface area (Å²) < 4.78 is 8.55. The first kappa shape index (κ1) is 10.1. The Kier molecular flexibility index (Phi) is 5.11. The molecular formula is HfO4P+. The van der Waals surface area contributed by atoms with Crippen molar-refractivity contribution >= 4 is 7.82 Å². The van der Waals surface area contributed by atoms with Gasteiger partial charge in [0.1, 0.15) is 0 Å². The molecule has 0 heterocycles. The quantitative estimate of drug-likeness (QED) is 0.352. The molecule has 0 aromatic carbocycles. The average molecular weight is 273 g/mol. The topological polar surface area (TPSA) is 86.2 Å². The molecule has 0 N–H and O–H groups in total. The van der Waals surface area contributed by atoms with Crippen LogP contribution in [0.25, 0.3) is 0 Å². The number of rotatable bonds is 0. The van der Waals surface area contributed by atoms with Crippen LogP contribution in [0.4, 0.5) is 0 Å². The van der Waals surface area contributed by atoms with Gasteiger partial charge >= 0.3 is 25.8 Å². The Hall–Kier alpha value is 0.980. The Morgan fingerprint density at radius 2 is 1.17 bits per heavy atom. The minimum absolute atomic E-state index is 0. The van der Waals surface area contributed by atoms with Crippen molar-refractivity contribution in [1.82, 2.24) is 0 Å². The zero-order valence-corrected chi connectivity index (χ0v) is 7.07. The van der Waals surface area contributed by atoms with E-state index < -0.39 is 7.82 Å². The number of phosphoric acid groups is 1. The molecule has 0 aromatic heterocycles. The van der Waals surface area contributed by atoms with Gasteiger partial charge < -0.3 is 19.2 Å². The van der Waals surface area contributed by atoms with Crippen molar-refractivity contribution in [1.29, 1.82) is 0 Å². The predicted molar refractivity (Wildman–Crippen MR) is 7.61 cm³/mol. The van der Waals surface area contributed by atoms with Crippen LogP contribution in [0.2, 0.25) is 0 Å². The van der Waals surface area contributed by atoms with E-state index >= 15 is 0 Å². The summed E-state index contributed by atoms with van der Waals surface area (Å²) >= 11 is 0. The minimum atomic E-state index is -5.39. The van der Waals surface area contributed by atoms with Crippen LogP contribution < -0.4 is 14.7 Å². The fraction of sp³-hybridized carbons (Fsp3) is 0. The molecule has 0 amide bonds. The van der Waals surface area contributed by atoms with Gasteiger partial charge in [0.15, 0.2) is 0 Å². The van der Waals surface area contributed by atoms with Gasteiger partial charge in [-0.2, -0.15) is 7.82 Å². The predicted octanol–water partition coefficient (Wildman–Crippen LogP) is -2.83. The van der Waals surface area contributed by atoms with E-state index in [1.165, 1.54) is 0 Å². The second-order valence-corrected chi connectivity index (χ2v) is 1.34. The summed E-state index contributed by atoms with van der Waals surface area (Å²) in [5, 5.41) is 0. The van der Waals surface area contributed by atoms with Crippen LogP contribution in [-0.2, 0) is 30.4 Å². The van der Waals surface area contributed by atoms with Crippen molar-refractivity contribution in [2.24, 2.45) is 0 Å². The molecular weight excluding hydrogens is 273 g/mol. The van der Waals surface area contributed by atoms with Gasteiger partial charge in [-0.1, -0.05) is 0 Å². The van der Waals surface area contributed by atoms with Crippen LogP contribution in [0, 0.1) is 0 Å². The summed E-state index contributed by atoms with van der Waals surface area (Å²) in [6, 6.07) is 0. The van der Waals surface area contributed by atoms with Crippen molar-refractivity contribution in [3.8, 4) is 0 Å². The van der Waals surface area contributed by atoms with E-state index in [1.54, 1.807) is 0 Å². The van der Waals surface area contributed by atoms with E-state index in [0.717, 1.165) is 0 Å². The molecule has 0 aromatic rings. The largest absolute Gasteiger partial charge is 4.00 e. The molecule has 0 saturated heterocycles. The van der Waals surface area contributed by atoms with Gasteiger partial charge in [-0.05, 0) is 0 Å². The first-order valence-electron chi connectivity index (χ1n) is 0.730. The van der Waals surface area contributed by atoms with Gasteiger partial charge in [0.25, 0.3) is 0 Å². The standard InChI is InChI=1S/Hf.H3O4P/c;1-5(2,3)4/h;(H3,1,2,3,4)/q+4;/p-3. The molecule has 6 heavy (non-hydrogen) atoms. The van der Waals surface area contributed by atoms with Gasteiger partial charge in [-0.15, -0.1) is 0 Å². The molecule has 0 spiro atoms. The third-order valence-electron chi connectivity index (χ3n) is 0. The molecule has 0 fully saturated rings. The Balaban J connectivity index is 0. The Morgan fingerprint density at radius 1 is 1.17 bits per heavy atom. The van der Waals surface area contributed by atoms with Crippen LogP contribution in [0.1, 0.15) is 0 Å². The van der Waals surface area contributed by atoms with Crippen molar-refractivity contribution < 1.29 is 45.1 Å². The Bertz CT molecular complexity index is 53.7.